The molecule has 2 aromatic rings. The van der Waals surface area contributed by atoms with E-state index < -0.39 is 5.91 Å². The Morgan fingerprint density at radius 2 is 2.19 bits per heavy atom. The van der Waals surface area contributed by atoms with E-state index in [1.807, 2.05) is 18.2 Å². The molecule has 2 rings (SSSR count). The maximum atomic E-state index is 11.5. The van der Waals surface area contributed by atoms with Crippen LogP contribution in [-0.2, 0) is 0 Å². The van der Waals surface area contributed by atoms with Gasteiger partial charge in [0.05, 0.1) is 0 Å². The summed E-state index contributed by atoms with van der Waals surface area (Å²) in [6, 6.07) is 8.97. The van der Waals surface area contributed by atoms with Gasteiger partial charge in [-0.25, -0.2) is 10.1 Å². The van der Waals surface area contributed by atoms with Gasteiger partial charge in [0, 0.05) is 0 Å². The van der Waals surface area contributed by atoms with Crippen molar-refractivity contribution in [3.8, 4) is 5.75 Å². The molecule has 6 nitrogen and oxygen atoms in total. The third kappa shape index (κ3) is 2.35. The lowest BCUT2D eigenvalue weighted by Gasteiger charge is -2.01. The van der Waals surface area contributed by atoms with Crippen LogP contribution in [0.4, 0.5) is 0 Å². The van der Waals surface area contributed by atoms with Crippen LogP contribution in [0, 0.1) is 5.41 Å². The van der Waals surface area contributed by atoms with Gasteiger partial charge in [-0.15, -0.1) is 0 Å². The highest BCUT2D eigenvalue weighted by molar-refractivity contribution is 5.67. The molecule has 0 amide bonds. The van der Waals surface area contributed by atoms with Crippen molar-refractivity contribution < 1.29 is 18.7 Å². The molecular formula is C10H9N3O3. The summed E-state index contributed by atoms with van der Waals surface area (Å²) < 4.78 is 10.6. The minimum absolute atomic E-state index is 0.152. The van der Waals surface area contributed by atoms with Crippen LogP contribution in [0.25, 0.3) is 0 Å². The highest BCUT2D eigenvalue weighted by Crippen LogP contribution is 2.07. The fourth-order valence-corrected chi connectivity index (χ4v) is 1.09. The molecule has 0 aliphatic heterocycles. The number of carbonyl (C=O) groups excluding carboxylic acids is 1. The molecule has 1 heterocycles. The van der Waals surface area contributed by atoms with Crippen LogP contribution in [0.15, 0.2) is 41.1 Å². The largest absolute Gasteiger partial charge is 0.486 e. The maximum absolute atomic E-state index is 11.5. The fraction of sp³-hybridized carbons (Fsp3) is 0.100. The third-order valence-corrected chi connectivity index (χ3v) is 1.83. The zero-order valence-corrected chi connectivity index (χ0v) is 8.29. The Bertz CT molecular complexity index is 529. The minimum Gasteiger partial charge on any atom is -0.486 e. The minimum atomic E-state index is -0.397. The van der Waals surface area contributed by atoms with Crippen LogP contribution in [0.1, 0.15) is 4.79 Å². The molecule has 0 bridgehead atoms. The molecule has 0 radical (unpaired) electrons. The Morgan fingerprint density at radius 3 is 2.81 bits per heavy atom. The molecule has 6 heteroatoms. The Kier molecular flexibility index (Phi) is 2.81. The van der Waals surface area contributed by atoms with E-state index in [1.54, 1.807) is 12.1 Å². The van der Waals surface area contributed by atoms with Crippen molar-refractivity contribution in [3.05, 3.63) is 42.1 Å². The Hall–Kier alpha value is -2.37. The lowest BCUT2D eigenvalue weighted by atomic mass is 10.3. The highest BCUT2D eigenvalue weighted by atomic mass is 16.5. The molecule has 1 aromatic carbocycles. The second-order valence-electron chi connectivity index (χ2n) is 3.01. The lowest BCUT2D eigenvalue weighted by Crippen LogP contribution is -2.48. The van der Waals surface area contributed by atoms with Crippen molar-refractivity contribution in [3.63, 3.8) is 0 Å². The number of nitrogens with zero attached hydrogens (tertiary/aromatic N) is 2. The van der Waals surface area contributed by atoms with Crippen molar-refractivity contribution in [2.75, 3.05) is 6.61 Å². The smallest absolute Gasteiger partial charge is 0.422 e. The van der Waals surface area contributed by atoms with Crippen LogP contribution in [0.3, 0.4) is 0 Å². The molecule has 82 valence electrons. The van der Waals surface area contributed by atoms with Gasteiger partial charge in [-0.1, -0.05) is 18.2 Å². The summed E-state index contributed by atoms with van der Waals surface area (Å²) in [6.45, 7) is -0.152. The van der Waals surface area contributed by atoms with E-state index in [1.165, 1.54) is 6.20 Å². The summed E-state index contributed by atoms with van der Waals surface area (Å²) in [5.41, 5.74) is -0.173. The topological polar surface area (TPSA) is 81.3 Å². The number of benzene rings is 1. The molecule has 0 spiro atoms. The first-order valence-corrected chi connectivity index (χ1v) is 4.57. The van der Waals surface area contributed by atoms with Gasteiger partial charge in [0.15, 0.2) is 0 Å². The highest BCUT2D eigenvalue weighted by Gasteiger charge is 2.12. The van der Waals surface area contributed by atoms with E-state index >= 15 is 0 Å². The molecule has 16 heavy (non-hydrogen) atoms. The number of hydrogen-bond donors (Lipinski definition) is 1. The fourth-order valence-electron chi connectivity index (χ4n) is 1.09. The van der Waals surface area contributed by atoms with Gasteiger partial charge in [0.2, 0.25) is 12.8 Å². The molecule has 1 N–H and O–H groups in total. The first kappa shape index (κ1) is 10.2. The quantitative estimate of drug-likeness (QED) is 0.720. The number of ether oxygens (including phenoxy) is 1. The van der Waals surface area contributed by atoms with Crippen LogP contribution in [-0.4, -0.2) is 12.5 Å². The first-order chi connectivity index (χ1) is 7.75. The Morgan fingerprint density at radius 1 is 1.44 bits per heavy atom. The van der Waals surface area contributed by atoms with E-state index in [9.17, 15) is 4.79 Å². The van der Waals surface area contributed by atoms with Gasteiger partial charge in [0.25, 0.3) is 5.55 Å². The average molecular weight is 219 g/mol. The average Bonchev–Trinajstić information content (AvgIpc) is 2.74. The van der Waals surface area contributed by atoms with Crippen molar-refractivity contribution >= 4 is 5.91 Å². The first-order valence-electron chi connectivity index (χ1n) is 4.57. The maximum Gasteiger partial charge on any atom is 0.422 e. The van der Waals surface area contributed by atoms with E-state index in [-0.39, 0.29) is 12.2 Å². The SMILES string of the molecule is N=c1c[n+](C(=O)COc2ccccc2)[n-]o1. The molecular weight excluding hydrogens is 210 g/mol. The van der Waals surface area contributed by atoms with Crippen LogP contribution < -0.4 is 20.2 Å². The van der Waals surface area contributed by atoms with E-state index in [0.717, 1.165) is 4.68 Å². The van der Waals surface area contributed by atoms with Crippen molar-refractivity contribution in [2.45, 2.75) is 0 Å². The standard InChI is InChI=1S/C10H9N3O3/c11-9-6-13(12-16-9)10(14)7-15-8-4-2-1-3-5-8/h1-6,11H,7H2. The molecule has 0 atom stereocenters. The number of para-hydroxylation sites is 1. The summed E-state index contributed by atoms with van der Waals surface area (Å²) >= 11 is 0. The molecule has 0 aliphatic carbocycles. The number of aromatic nitrogens is 2. The monoisotopic (exact) mass is 219 g/mol. The molecule has 0 aliphatic rings. The van der Waals surface area contributed by atoms with Gasteiger partial charge in [0.1, 0.15) is 5.75 Å². The van der Waals surface area contributed by atoms with Gasteiger partial charge in [-0.3, -0.25) is 5.41 Å². The predicted octanol–water partition coefficient (Wildman–Crippen LogP) is -0.277. The zero-order valence-electron chi connectivity index (χ0n) is 8.29. The Balaban J connectivity index is 1.97. The third-order valence-electron chi connectivity index (χ3n) is 1.83. The van der Waals surface area contributed by atoms with Gasteiger partial charge >= 0.3 is 5.91 Å². The molecule has 0 saturated carbocycles. The normalized spacial score (nSPS) is 10.0. The number of rotatable bonds is 3. The van der Waals surface area contributed by atoms with Crippen molar-refractivity contribution in [1.29, 1.82) is 5.41 Å². The second-order valence-corrected chi connectivity index (χ2v) is 3.01. The van der Waals surface area contributed by atoms with Gasteiger partial charge < -0.3 is 9.26 Å². The van der Waals surface area contributed by atoms with Gasteiger partial charge in [-0.05, 0) is 12.1 Å². The van der Waals surface area contributed by atoms with Crippen LogP contribution >= 0.6 is 0 Å². The summed E-state index contributed by atoms with van der Waals surface area (Å²) in [5, 5.41) is 10.4. The van der Waals surface area contributed by atoms with Crippen LogP contribution in [0.5, 0.6) is 5.75 Å². The van der Waals surface area contributed by atoms with Crippen molar-refractivity contribution in [2.24, 2.45) is 0 Å². The number of carbonyl (C=O) groups is 1. The zero-order chi connectivity index (χ0) is 11.4. The van der Waals surface area contributed by atoms with E-state index in [2.05, 4.69) is 9.79 Å². The van der Waals surface area contributed by atoms with E-state index in [0.29, 0.717) is 5.75 Å². The van der Waals surface area contributed by atoms with Gasteiger partial charge in [-0.2, -0.15) is 4.68 Å². The molecule has 0 fully saturated rings. The second kappa shape index (κ2) is 4.43. The number of nitrogens with one attached hydrogen (secondary N) is 1. The summed E-state index contributed by atoms with van der Waals surface area (Å²) in [4.78, 5) is 11.5. The molecule has 0 unspecified atom stereocenters. The lowest BCUT2D eigenvalue weighted by molar-refractivity contribution is -0.655. The molecule has 0 saturated heterocycles. The van der Waals surface area contributed by atoms with Crippen LogP contribution in [0.2, 0.25) is 0 Å². The van der Waals surface area contributed by atoms with E-state index in [4.69, 9.17) is 10.1 Å². The molecule has 1 aromatic heterocycles. The summed E-state index contributed by atoms with van der Waals surface area (Å²) in [6.07, 6.45) is 1.18. The predicted molar refractivity (Wildman–Crippen MR) is 50.6 cm³/mol. The summed E-state index contributed by atoms with van der Waals surface area (Å²) in [5.74, 6) is 0.206. The van der Waals surface area contributed by atoms with Crippen molar-refractivity contribution in [1.82, 2.24) is 5.27 Å². The Labute approximate surface area is 90.5 Å². The summed E-state index contributed by atoms with van der Waals surface area (Å²) in [7, 11) is 0. The number of hydrogen-bond acceptors (Lipinski definition) is 4.